The minimum absolute atomic E-state index is 0.0951. The van der Waals surface area contributed by atoms with Crippen molar-refractivity contribution in [3.05, 3.63) is 23.8 Å². The van der Waals surface area contributed by atoms with Crippen molar-refractivity contribution in [1.29, 1.82) is 5.26 Å². The molecule has 0 aliphatic rings. The fraction of sp³-hybridized carbons (Fsp3) is 0.400. The number of aryl methyl sites for hydroxylation is 1. The lowest BCUT2D eigenvalue weighted by Gasteiger charge is -2.18. The molecule has 0 saturated carbocycles. The van der Waals surface area contributed by atoms with Gasteiger partial charge in [-0.05, 0) is 32.0 Å². The van der Waals surface area contributed by atoms with Crippen LogP contribution in [0.4, 0.5) is 5.95 Å². The van der Waals surface area contributed by atoms with Gasteiger partial charge in [0.25, 0.3) is 0 Å². The first kappa shape index (κ1) is 14.9. The van der Waals surface area contributed by atoms with E-state index in [1.807, 2.05) is 13.8 Å². The second-order valence-electron chi connectivity index (χ2n) is 4.75. The van der Waals surface area contributed by atoms with Crippen LogP contribution in [0.1, 0.15) is 25.8 Å². The molecule has 2 N–H and O–H groups in total. The largest absolute Gasteiger partial charge is 0.369 e. The van der Waals surface area contributed by atoms with Gasteiger partial charge in [0.1, 0.15) is 0 Å². The third-order valence-corrected chi connectivity index (χ3v) is 3.57. The second kappa shape index (κ2) is 6.27. The molecule has 2 rings (SSSR count). The summed E-state index contributed by atoms with van der Waals surface area (Å²) in [6.45, 7) is 5.79. The van der Waals surface area contributed by atoms with Crippen molar-refractivity contribution in [3.63, 3.8) is 0 Å². The Bertz CT molecular complexity index is 694. The third-order valence-electron chi connectivity index (χ3n) is 3.57. The summed E-state index contributed by atoms with van der Waals surface area (Å²) in [4.78, 5) is 18.1. The Labute approximate surface area is 123 Å². The molecular formula is C15H19N5O. The van der Waals surface area contributed by atoms with Crippen molar-refractivity contribution in [1.82, 2.24) is 14.5 Å². The molecule has 1 aromatic heterocycles. The number of carbonyl (C=O) groups excluding carboxylic acids is 1. The zero-order chi connectivity index (χ0) is 15.4. The topological polar surface area (TPSA) is 87.9 Å². The van der Waals surface area contributed by atoms with E-state index in [-0.39, 0.29) is 5.91 Å². The molecule has 1 aromatic carbocycles. The van der Waals surface area contributed by atoms with Gasteiger partial charge in [-0.15, -0.1) is 0 Å². The first-order valence-corrected chi connectivity index (χ1v) is 7.04. The number of imidazole rings is 1. The van der Waals surface area contributed by atoms with E-state index in [4.69, 9.17) is 11.0 Å². The van der Waals surface area contributed by atoms with E-state index >= 15 is 0 Å². The number of aromatic nitrogens is 2. The fourth-order valence-corrected chi connectivity index (χ4v) is 2.39. The first-order chi connectivity index (χ1) is 10.1. The lowest BCUT2D eigenvalue weighted by molar-refractivity contribution is -0.131. The van der Waals surface area contributed by atoms with E-state index in [2.05, 4.69) is 11.1 Å². The smallest absolute Gasteiger partial charge is 0.224 e. The number of nitrogens with zero attached hydrogens (tertiary/aromatic N) is 4. The number of nitriles is 1. The van der Waals surface area contributed by atoms with E-state index in [1.165, 1.54) is 0 Å². The summed E-state index contributed by atoms with van der Waals surface area (Å²) in [6.07, 6.45) is 0.369. The van der Waals surface area contributed by atoms with Crippen LogP contribution in [0.3, 0.4) is 0 Å². The predicted molar refractivity (Wildman–Crippen MR) is 81.4 cm³/mol. The highest BCUT2D eigenvalue weighted by molar-refractivity contribution is 5.80. The number of rotatable bonds is 5. The summed E-state index contributed by atoms with van der Waals surface area (Å²) in [6, 6.07) is 7.33. The SMILES string of the molecule is CCN(CC)C(=O)CCn1c(N)nc2ccc(C#N)cc21. The molecule has 0 unspecified atom stereocenters. The maximum absolute atomic E-state index is 12.1. The molecule has 0 radical (unpaired) electrons. The Balaban J connectivity index is 2.24. The first-order valence-electron chi connectivity index (χ1n) is 7.04. The van der Waals surface area contributed by atoms with Crippen LogP contribution in [0.2, 0.25) is 0 Å². The number of benzene rings is 1. The van der Waals surface area contributed by atoms with E-state index in [1.54, 1.807) is 27.7 Å². The molecule has 0 bridgehead atoms. The Morgan fingerprint density at radius 3 is 2.76 bits per heavy atom. The Morgan fingerprint density at radius 2 is 2.14 bits per heavy atom. The zero-order valence-electron chi connectivity index (χ0n) is 12.3. The summed E-state index contributed by atoms with van der Waals surface area (Å²) in [5.74, 6) is 0.463. The van der Waals surface area contributed by atoms with Gasteiger partial charge >= 0.3 is 0 Å². The maximum atomic E-state index is 12.1. The number of hydrogen-bond acceptors (Lipinski definition) is 4. The van der Waals surface area contributed by atoms with Gasteiger partial charge in [0.15, 0.2) is 0 Å². The van der Waals surface area contributed by atoms with Gasteiger partial charge in [0, 0.05) is 26.1 Å². The average Bonchev–Trinajstić information content (AvgIpc) is 2.80. The molecule has 2 aromatic rings. The highest BCUT2D eigenvalue weighted by atomic mass is 16.2. The molecular weight excluding hydrogens is 266 g/mol. The summed E-state index contributed by atoms with van der Waals surface area (Å²) < 4.78 is 1.79. The van der Waals surface area contributed by atoms with Gasteiger partial charge in [-0.3, -0.25) is 4.79 Å². The molecule has 0 aliphatic heterocycles. The van der Waals surface area contributed by atoms with Gasteiger partial charge < -0.3 is 15.2 Å². The molecule has 21 heavy (non-hydrogen) atoms. The van der Waals surface area contributed by atoms with Gasteiger partial charge in [0.05, 0.1) is 22.7 Å². The molecule has 0 aliphatic carbocycles. The standard InChI is InChI=1S/C15H19N5O/c1-3-19(4-2)14(21)7-8-20-13-9-11(10-16)5-6-12(13)18-15(20)17/h5-6,9H,3-4,7-8H2,1-2H3,(H2,17,18). The minimum atomic E-state index is 0.0951. The van der Waals surface area contributed by atoms with E-state index in [0.29, 0.717) is 37.6 Å². The molecule has 1 heterocycles. The number of carbonyl (C=O) groups is 1. The number of nitrogen functional groups attached to an aromatic ring is 1. The Morgan fingerprint density at radius 1 is 1.43 bits per heavy atom. The third kappa shape index (κ3) is 2.97. The van der Waals surface area contributed by atoms with Crippen LogP contribution in [0.25, 0.3) is 11.0 Å². The molecule has 0 atom stereocenters. The number of anilines is 1. The van der Waals surface area contributed by atoms with Crippen LogP contribution in [0.15, 0.2) is 18.2 Å². The minimum Gasteiger partial charge on any atom is -0.369 e. The van der Waals surface area contributed by atoms with Crippen LogP contribution in [0, 0.1) is 11.3 Å². The number of hydrogen-bond donors (Lipinski definition) is 1. The monoisotopic (exact) mass is 285 g/mol. The van der Waals surface area contributed by atoms with Crippen molar-refractivity contribution in [2.45, 2.75) is 26.8 Å². The van der Waals surface area contributed by atoms with Crippen LogP contribution in [-0.2, 0) is 11.3 Å². The number of fused-ring (bicyclic) bond motifs is 1. The maximum Gasteiger partial charge on any atom is 0.224 e. The highest BCUT2D eigenvalue weighted by Crippen LogP contribution is 2.19. The molecule has 0 saturated heterocycles. The van der Waals surface area contributed by atoms with Crippen molar-refractivity contribution >= 4 is 22.9 Å². The molecule has 6 heteroatoms. The normalized spacial score (nSPS) is 10.5. The van der Waals surface area contributed by atoms with Gasteiger partial charge in [-0.2, -0.15) is 5.26 Å². The summed E-state index contributed by atoms with van der Waals surface area (Å²) >= 11 is 0. The van der Waals surface area contributed by atoms with E-state index < -0.39 is 0 Å². The lowest BCUT2D eigenvalue weighted by atomic mass is 10.2. The number of amides is 1. The van der Waals surface area contributed by atoms with Crippen molar-refractivity contribution < 1.29 is 4.79 Å². The highest BCUT2D eigenvalue weighted by Gasteiger charge is 2.13. The molecule has 6 nitrogen and oxygen atoms in total. The van der Waals surface area contributed by atoms with Crippen LogP contribution in [-0.4, -0.2) is 33.4 Å². The van der Waals surface area contributed by atoms with Gasteiger partial charge in [-0.25, -0.2) is 4.98 Å². The Kier molecular flexibility index (Phi) is 4.43. The van der Waals surface area contributed by atoms with Crippen molar-refractivity contribution in [3.8, 4) is 6.07 Å². The fourth-order valence-electron chi connectivity index (χ4n) is 2.39. The van der Waals surface area contributed by atoms with Gasteiger partial charge in [-0.1, -0.05) is 0 Å². The van der Waals surface area contributed by atoms with E-state index in [0.717, 1.165) is 11.0 Å². The summed E-state index contributed by atoms with van der Waals surface area (Å²) in [7, 11) is 0. The summed E-state index contributed by atoms with van der Waals surface area (Å²) in [5.41, 5.74) is 8.00. The van der Waals surface area contributed by atoms with Crippen LogP contribution >= 0.6 is 0 Å². The quantitative estimate of drug-likeness (QED) is 0.906. The lowest BCUT2D eigenvalue weighted by Crippen LogP contribution is -2.31. The van der Waals surface area contributed by atoms with Crippen molar-refractivity contribution in [2.24, 2.45) is 0 Å². The zero-order valence-corrected chi connectivity index (χ0v) is 12.3. The predicted octanol–water partition coefficient (Wildman–Crippen LogP) is 1.75. The molecule has 110 valence electrons. The van der Waals surface area contributed by atoms with E-state index in [9.17, 15) is 4.79 Å². The van der Waals surface area contributed by atoms with Crippen LogP contribution in [0.5, 0.6) is 0 Å². The Hall–Kier alpha value is -2.55. The number of nitrogens with two attached hydrogens (primary N) is 1. The molecule has 0 fully saturated rings. The van der Waals surface area contributed by atoms with Gasteiger partial charge in [0.2, 0.25) is 11.9 Å². The van der Waals surface area contributed by atoms with Crippen molar-refractivity contribution in [2.75, 3.05) is 18.8 Å². The van der Waals surface area contributed by atoms with Crippen LogP contribution < -0.4 is 5.73 Å². The summed E-state index contributed by atoms with van der Waals surface area (Å²) in [5, 5.41) is 8.98. The molecule has 0 spiro atoms. The second-order valence-corrected chi connectivity index (χ2v) is 4.75. The molecule has 1 amide bonds. The average molecular weight is 285 g/mol.